The van der Waals surface area contributed by atoms with Crippen LogP contribution in [0.3, 0.4) is 0 Å². The van der Waals surface area contributed by atoms with Gasteiger partial charge in [-0.1, -0.05) is 13.3 Å². The minimum atomic E-state index is -2.25. The lowest BCUT2D eigenvalue weighted by atomic mass is 10.0. The Hall–Kier alpha value is -0.220. The molecule has 0 aliphatic rings. The van der Waals surface area contributed by atoms with Crippen LogP contribution in [0.25, 0.3) is 0 Å². The van der Waals surface area contributed by atoms with E-state index >= 15 is 0 Å². The van der Waals surface area contributed by atoms with Crippen molar-refractivity contribution in [1.29, 1.82) is 0 Å². The van der Waals surface area contributed by atoms with Crippen LogP contribution in [0.2, 0.25) is 0 Å². The maximum Gasteiger partial charge on any atom is 0.250 e. The number of nitrogens with two attached hydrogens (primary N) is 1. The Bertz CT molecular complexity index is 95.1. The zero-order chi connectivity index (χ0) is 9.40. The van der Waals surface area contributed by atoms with Crippen LogP contribution >= 0.6 is 0 Å². The van der Waals surface area contributed by atoms with E-state index in [1.54, 1.807) is 0 Å². The summed E-state index contributed by atoms with van der Waals surface area (Å²) in [4.78, 5) is 0. The van der Waals surface area contributed by atoms with E-state index in [2.05, 4.69) is 12.2 Å². The third kappa shape index (κ3) is 6.49. The molecular weight excluding hydrogens is 162 g/mol. The van der Waals surface area contributed by atoms with Crippen molar-refractivity contribution in [2.75, 3.05) is 19.6 Å². The summed E-state index contributed by atoms with van der Waals surface area (Å²) in [5, 5.41) is 2.68. The first-order valence-electron chi connectivity index (χ1n) is 4.39. The van der Waals surface area contributed by atoms with E-state index in [4.69, 9.17) is 5.73 Å². The molecular formula is C8H18F2N2. The van der Waals surface area contributed by atoms with Crippen molar-refractivity contribution < 1.29 is 8.78 Å². The Morgan fingerprint density at radius 2 is 2.08 bits per heavy atom. The Morgan fingerprint density at radius 1 is 1.42 bits per heavy atom. The summed E-state index contributed by atoms with van der Waals surface area (Å²) < 4.78 is 23.3. The van der Waals surface area contributed by atoms with E-state index in [1.807, 2.05) is 0 Å². The third-order valence-electron chi connectivity index (χ3n) is 1.94. The summed E-state index contributed by atoms with van der Waals surface area (Å²) in [6.45, 7) is 3.14. The topological polar surface area (TPSA) is 38.0 Å². The van der Waals surface area contributed by atoms with E-state index < -0.39 is 6.43 Å². The van der Waals surface area contributed by atoms with Crippen LogP contribution in [0.4, 0.5) is 8.78 Å². The van der Waals surface area contributed by atoms with Crippen molar-refractivity contribution in [1.82, 2.24) is 5.32 Å². The molecule has 0 saturated heterocycles. The zero-order valence-electron chi connectivity index (χ0n) is 7.52. The molecule has 0 radical (unpaired) electrons. The van der Waals surface area contributed by atoms with Crippen LogP contribution in [-0.4, -0.2) is 26.1 Å². The van der Waals surface area contributed by atoms with Gasteiger partial charge in [-0.2, -0.15) is 0 Å². The molecule has 4 heteroatoms. The van der Waals surface area contributed by atoms with Crippen LogP contribution in [0.1, 0.15) is 19.8 Å². The van der Waals surface area contributed by atoms with Gasteiger partial charge in [0.15, 0.2) is 0 Å². The molecule has 12 heavy (non-hydrogen) atoms. The smallest absolute Gasteiger partial charge is 0.250 e. The number of nitrogens with one attached hydrogen (secondary N) is 1. The molecule has 0 aromatic carbocycles. The second-order valence-electron chi connectivity index (χ2n) is 2.89. The molecule has 0 aromatic rings. The lowest BCUT2D eigenvalue weighted by Gasteiger charge is -2.11. The number of alkyl halides is 2. The lowest BCUT2D eigenvalue weighted by Crippen LogP contribution is -2.25. The van der Waals surface area contributed by atoms with E-state index in [9.17, 15) is 8.78 Å². The van der Waals surface area contributed by atoms with E-state index in [0.29, 0.717) is 19.0 Å². The summed E-state index contributed by atoms with van der Waals surface area (Å²) in [6, 6.07) is 0. The summed E-state index contributed by atoms with van der Waals surface area (Å²) in [5.41, 5.74) is 5.45. The van der Waals surface area contributed by atoms with E-state index in [-0.39, 0.29) is 6.54 Å². The highest BCUT2D eigenvalue weighted by atomic mass is 19.3. The quantitative estimate of drug-likeness (QED) is 0.578. The zero-order valence-corrected chi connectivity index (χ0v) is 7.52. The second kappa shape index (κ2) is 7.43. The molecule has 0 aliphatic heterocycles. The van der Waals surface area contributed by atoms with Crippen LogP contribution in [0.15, 0.2) is 0 Å². The average molecular weight is 180 g/mol. The molecule has 0 spiro atoms. The van der Waals surface area contributed by atoms with Crippen LogP contribution in [0, 0.1) is 5.92 Å². The van der Waals surface area contributed by atoms with Crippen molar-refractivity contribution in [3.8, 4) is 0 Å². The van der Waals surface area contributed by atoms with Crippen molar-refractivity contribution >= 4 is 0 Å². The average Bonchev–Trinajstić information content (AvgIpc) is 2.04. The molecule has 0 aromatic heterocycles. The van der Waals surface area contributed by atoms with Gasteiger partial charge in [0, 0.05) is 0 Å². The monoisotopic (exact) mass is 180 g/mol. The maximum atomic E-state index is 11.6. The largest absolute Gasteiger partial charge is 0.330 e. The van der Waals surface area contributed by atoms with Gasteiger partial charge in [-0.3, -0.25) is 0 Å². The first-order chi connectivity index (χ1) is 5.70. The minimum Gasteiger partial charge on any atom is -0.330 e. The van der Waals surface area contributed by atoms with E-state index in [1.165, 1.54) is 0 Å². The van der Waals surface area contributed by atoms with Crippen molar-refractivity contribution in [3.63, 3.8) is 0 Å². The minimum absolute atomic E-state index is 0.207. The van der Waals surface area contributed by atoms with Gasteiger partial charge in [-0.25, -0.2) is 8.78 Å². The van der Waals surface area contributed by atoms with Crippen LogP contribution in [-0.2, 0) is 0 Å². The maximum absolute atomic E-state index is 11.6. The fourth-order valence-electron chi connectivity index (χ4n) is 1.01. The molecule has 0 rings (SSSR count). The first-order valence-corrected chi connectivity index (χ1v) is 4.39. The molecule has 0 aliphatic carbocycles. The van der Waals surface area contributed by atoms with Crippen molar-refractivity contribution in [3.05, 3.63) is 0 Å². The first kappa shape index (κ1) is 11.8. The Labute approximate surface area is 72.5 Å². The normalized spacial score (nSPS) is 13.8. The van der Waals surface area contributed by atoms with Gasteiger partial charge < -0.3 is 11.1 Å². The summed E-state index contributed by atoms with van der Waals surface area (Å²) in [5.74, 6) is 0.468. The van der Waals surface area contributed by atoms with Crippen molar-refractivity contribution in [2.45, 2.75) is 26.2 Å². The highest BCUT2D eigenvalue weighted by Gasteiger charge is 2.04. The Morgan fingerprint density at radius 3 is 2.50 bits per heavy atom. The highest BCUT2D eigenvalue weighted by molar-refractivity contribution is 4.59. The fourth-order valence-corrected chi connectivity index (χ4v) is 1.01. The molecule has 2 nitrogen and oxygen atoms in total. The fraction of sp³-hybridized carbons (Fsp3) is 1.00. The molecule has 3 N–H and O–H groups in total. The molecule has 0 amide bonds. The number of hydrogen-bond acceptors (Lipinski definition) is 2. The molecule has 0 bridgehead atoms. The molecule has 0 heterocycles. The standard InChI is InChI=1S/C8H18F2N2/c1-2-7(5-11)3-4-12-6-8(9)10/h7-8,12H,2-6,11H2,1H3. The van der Waals surface area contributed by atoms with Gasteiger partial charge in [-0.05, 0) is 25.4 Å². The molecule has 1 unspecified atom stereocenters. The highest BCUT2D eigenvalue weighted by Crippen LogP contribution is 2.04. The van der Waals surface area contributed by atoms with Gasteiger partial charge in [-0.15, -0.1) is 0 Å². The summed E-state index contributed by atoms with van der Waals surface area (Å²) >= 11 is 0. The predicted molar refractivity (Wildman–Crippen MR) is 46.3 cm³/mol. The summed E-state index contributed by atoms with van der Waals surface area (Å²) in [7, 11) is 0. The second-order valence-corrected chi connectivity index (χ2v) is 2.89. The number of halogens is 2. The third-order valence-corrected chi connectivity index (χ3v) is 1.94. The Balaban J connectivity index is 3.17. The molecule has 74 valence electrons. The Kier molecular flexibility index (Phi) is 7.29. The lowest BCUT2D eigenvalue weighted by molar-refractivity contribution is 0.145. The molecule has 0 fully saturated rings. The van der Waals surface area contributed by atoms with Crippen molar-refractivity contribution in [2.24, 2.45) is 11.7 Å². The van der Waals surface area contributed by atoms with Gasteiger partial charge in [0.1, 0.15) is 0 Å². The van der Waals surface area contributed by atoms with Crippen LogP contribution in [0.5, 0.6) is 0 Å². The molecule has 0 saturated carbocycles. The van der Waals surface area contributed by atoms with Gasteiger partial charge >= 0.3 is 0 Å². The van der Waals surface area contributed by atoms with Gasteiger partial charge in [0.2, 0.25) is 0 Å². The van der Waals surface area contributed by atoms with Crippen LogP contribution < -0.4 is 11.1 Å². The summed E-state index contributed by atoms with van der Waals surface area (Å²) in [6.07, 6.45) is -0.338. The van der Waals surface area contributed by atoms with E-state index in [0.717, 1.165) is 12.8 Å². The molecule has 1 atom stereocenters. The van der Waals surface area contributed by atoms with Gasteiger partial charge in [0.25, 0.3) is 6.43 Å². The number of rotatable bonds is 7. The number of hydrogen-bond donors (Lipinski definition) is 2. The van der Waals surface area contributed by atoms with Gasteiger partial charge in [0.05, 0.1) is 6.54 Å². The predicted octanol–water partition coefficient (Wildman–Crippen LogP) is 1.22. The SMILES string of the molecule is CCC(CN)CCNCC(F)F.